The van der Waals surface area contributed by atoms with E-state index < -0.39 is 0 Å². The van der Waals surface area contributed by atoms with Gasteiger partial charge in [0.2, 0.25) is 0 Å². The molecule has 70 valence electrons. The van der Waals surface area contributed by atoms with Gasteiger partial charge in [0.05, 0.1) is 6.10 Å². The van der Waals surface area contributed by atoms with Crippen molar-refractivity contribution in [3.63, 3.8) is 0 Å². The van der Waals surface area contributed by atoms with Gasteiger partial charge in [0.1, 0.15) is 5.75 Å². The molecule has 0 atom stereocenters. The van der Waals surface area contributed by atoms with E-state index in [1.165, 1.54) is 19.3 Å². The highest BCUT2D eigenvalue weighted by Crippen LogP contribution is 2.26. The van der Waals surface area contributed by atoms with Crippen LogP contribution < -0.4 is 10.5 Å². The maximum atomic E-state index is 5.73. The third-order valence-electron chi connectivity index (χ3n) is 2.60. The molecule has 0 unspecified atom stereocenters. The fourth-order valence-corrected chi connectivity index (χ4v) is 1.40. The second kappa shape index (κ2) is 3.29. The van der Waals surface area contributed by atoms with Crippen LogP contribution in [0.4, 0.5) is 5.69 Å². The molecule has 2 N–H and O–H groups in total. The summed E-state index contributed by atoms with van der Waals surface area (Å²) in [5.41, 5.74) is 7.64. The molecule has 1 saturated carbocycles. The van der Waals surface area contributed by atoms with Crippen molar-refractivity contribution in [3.8, 4) is 5.75 Å². The Morgan fingerprint density at radius 2 is 2.15 bits per heavy atom. The van der Waals surface area contributed by atoms with Crippen LogP contribution >= 0.6 is 0 Å². The summed E-state index contributed by atoms with van der Waals surface area (Å²) in [5.74, 6) is 0.955. The molecule has 2 rings (SSSR count). The van der Waals surface area contributed by atoms with E-state index in [1.54, 1.807) is 0 Å². The summed E-state index contributed by atoms with van der Waals surface area (Å²) in [5, 5.41) is 0. The van der Waals surface area contributed by atoms with Crippen molar-refractivity contribution in [2.75, 3.05) is 5.73 Å². The molecule has 0 heterocycles. The lowest BCUT2D eigenvalue weighted by Crippen LogP contribution is -2.24. The summed E-state index contributed by atoms with van der Waals surface area (Å²) >= 11 is 0. The molecule has 13 heavy (non-hydrogen) atoms. The molecule has 0 aromatic heterocycles. The van der Waals surface area contributed by atoms with Crippen molar-refractivity contribution < 1.29 is 4.74 Å². The average Bonchev–Trinajstić information content (AvgIpc) is 2.04. The zero-order chi connectivity index (χ0) is 9.26. The number of hydrogen-bond acceptors (Lipinski definition) is 2. The number of rotatable bonds is 2. The Morgan fingerprint density at radius 1 is 1.38 bits per heavy atom. The SMILES string of the molecule is Cc1cc(OC2CCC2)ccc1N. The number of ether oxygens (including phenoxy) is 1. The minimum atomic E-state index is 0.447. The Balaban J connectivity index is 2.07. The number of aryl methyl sites for hydroxylation is 1. The fourth-order valence-electron chi connectivity index (χ4n) is 1.40. The number of anilines is 1. The van der Waals surface area contributed by atoms with Crippen LogP contribution in [-0.2, 0) is 0 Å². The molecule has 1 aromatic carbocycles. The Morgan fingerprint density at radius 3 is 2.69 bits per heavy atom. The molecule has 1 aliphatic rings. The van der Waals surface area contributed by atoms with Crippen LogP contribution in [-0.4, -0.2) is 6.10 Å². The normalized spacial score (nSPS) is 16.7. The van der Waals surface area contributed by atoms with Crippen molar-refractivity contribution in [1.29, 1.82) is 0 Å². The van der Waals surface area contributed by atoms with Crippen LogP contribution in [0, 0.1) is 6.92 Å². The highest BCUT2D eigenvalue weighted by Gasteiger charge is 2.18. The molecule has 2 nitrogen and oxygen atoms in total. The summed E-state index contributed by atoms with van der Waals surface area (Å²) in [6, 6.07) is 5.86. The maximum Gasteiger partial charge on any atom is 0.120 e. The van der Waals surface area contributed by atoms with E-state index in [4.69, 9.17) is 10.5 Å². The van der Waals surface area contributed by atoms with E-state index in [2.05, 4.69) is 0 Å². The van der Waals surface area contributed by atoms with Crippen molar-refractivity contribution in [3.05, 3.63) is 23.8 Å². The minimum absolute atomic E-state index is 0.447. The number of hydrogen-bond donors (Lipinski definition) is 1. The molecule has 0 amide bonds. The van der Waals surface area contributed by atoms with E-state index in [1.807, 2.05) is 25.1 Å². The molecule has 0 saturated heterocycles. The second-order valence-electron chi connectivity index (χ2n) is 3.69. The molecule has 1 aliphatic carbocycles. The summed E-state index contributed by atoms with van der Waals surface area (Å²) in [4.78, 5) is 0. The predicted octanol–water partition coefficient (Wildman–Crippen LogP) is 2.51. The third kappa shape index (κ3) is 1.77. The lowest BCUT2D eigenvalue weighted by Gasteiger charge is -2.26. The van der Waals surface area contributed by atoms with Crippen LogP contribution in [0.15, 0.2) is 18.2 Å². The van der Waals surface area contributed by atoms with Crippen LogP contribution in [0.25, 0.3) is 0 Å². The van der Waals surface area contributed by atoms with Gasteiger partial charge in [-0.1, -0.05) is 0 Å². The summed E-state index contributed by atoms with van der Waals surface area (Å²) in [7, 11) is 0. The average molecular weight is 177 g/mol. The first-order chi connectivity index (χ1) is 6.25. The maximum absolute atomic E-state index is 5.73. The van der Waals surface area contributed by atoms with Gasteiger partial charge in [0, 0.05) is 5.69 Å². The van der Waals surface area contributed by atoms with Gasteiger partial charge in [-0.2, -0.15) is 0 Å². The second-order valence-corrected chi connectivity index (χ2v) is 3.69. The van der Waals surface area contributed by atoms with Gasteiger partial charge in [0.25, 0.3) is 0 Å². The quantitative estimate of drug-likeness (QED) is 0.704. The molecule has 0 aliphatic heterocycles. The number of benzene rings is 1. The van der Waals surface area contributed by atoms with Gasteiger partial charge in [-0.15, -0.1) is 0 Å². The first-order valence-electron chi connectivity index (χ1n) is 4.78. The van der Waals surface area contributed by atoms with Gasteiger partial charge < -0.3 is 10.5 Å². The third-order valence-corrected chi connectivity index (χ3v) is 2.60. The minimum Gasteiger partial charge on any atom is -0.490 e. The molecule has 1 aromatic rings. The first-order valence-corrected chi connectivity index (χ1v) is 4.78. The van der Waals surface area contributed by atoms with Gasteiger partial charge in [-0.3, -0.25) is 0 Å². The van der Waals surface area contributed by atoms with Gasteiger partial charge in [-0.05, 0) is 49.9 Å². The lowest BCUT2D eigenvalue weighted by molar-refractivity contribution is 0.120. The Kier molecular flexibility index (Phi) is 2.13. The topological polar surface area (TPSA) is 35.2 Å². The van der Waals surface area contributed by atoms with Crippen LogP contribution in [0.1, 0.15) is 24.8 Å². The smallest absolute Gasteiger partial charge is 0.120 e. The first kappa shape index (κ1) is 8.42. The Labute approximate surface area is 78.7 Å². The lowest BCUT2D eigenvalue weighted by atomic mass is 9.96. The largest absolute Gasteiger partial charge is 0.490 e. The van der Waals surface area contributed by atoms with Gasteiger partial charge >= 0.3 is 0 Å². The van der Waals surface area contributed by atoms with Crippen molar-refractivity contribution >= 4 is 5.69 Å². The molecular formula is C11H15NO. The van der Waals surface area contributed by atoms with Gasteiger partial charge in [-0.25, -0.2) is 0 Å². The van der Waals surface area contributed by atoms with E-state index >= 15 is 0 Å². The van der Waals surface area contributed by atoms with E-state index in [0.29, 0.717) is 6.10 Å². The molecule has 0 radical (unpaired) electrons. The van der Waals surface area contributed by atoms with Crippen molar-refractivity contribution in [2.24, 2.45) is 0 Å². The molecule has 2 heteroatoms. The van der Waals surface area contributed by atoms with Crippen LogP contribution in [0.3, 0.4) is 0 Å². The van der Waals surface area contributed by atoms with E-state index in [9.17, 15) is 0 Å². The van der Waals surface area contributed by atoms with Crippen molar-refractivity contribution in [2.45, 2.75) is 32.3 Å². The number of nitrogen functional groups attached to an aromatic ring is 1. The zero-order valence-electron chi connectivity index (χ0n) is 7.92. The molecule has 1 fully saturated rings. The van der Waals surface area contributed by atoms with Crippen LogP contribution in [0.5, 0.6) is 5.75 Å². The van der Waals surface area contributed by atoms with Crippen molar-refractivity contribution in [1.82, 2.24) is 0 Å². The fraction of sp³-hybridized carbons (Fsp3) is 0.455. The molecule has 0 bridgehead atoms. The van der Waals surface area contributed by atoms with E-state index in [0.717, 1.165) is 17.0 Å². The molecule has 0 spiro atoms. The van der Waals surface area contributed by atoms with E-state index in [-0.39, 0.29) is 0 Å². The Bertz CT molecular complexity index is 305. The summed E-state index contributed by atoms with van der Waals surface area (Å²) in [6.45, 7) is 2.00. The number of nitrogens with two attached hydrogens (primary N) is 1. The standard InChI is InChI=1S/C11H15NO/c1-8-7-10(5-6-11(8)12)13-9-3-2-4-9/h5-7,9H,2-4,12H2,1H3. The highest BCUT2D eigenvalue weighted by molar-refractivity contribution is 5.49. The summed E-state index contributed by atoms with van der Waals surface area (Å²) < 4.78 is 5.73. The predicted molar refractivity (Wildman–Crippen MR) is 53.9 cm³/mol. The monoisotopic (exact) mass is 177 g/mol. The Hall–Kier alpha value is -1.18. The highest BCUT2D eigenvalue weighted by atomic mass is 16.5. The zero-order valence-corrected chi connectivity index (χ0v) is 7.92. The summed E-state index contributed by atoms with van der Waals surface area (Å²) in [6.07, 6.45) is 4.15. The van der Waals surface area contributed by atoms with Gasteiger partial charge in [0.15, 0.2) is 0 Å². The van der Waals surface area contributed by atoms with Crippen LogP contribution in [0.2, 0.25) is 0 Å². The molecular weight excluding hydrogens is 162 g/mol.